The number of para-hydroxylation sites is 1. The normalized spacial score (nSPS) is 11.7. The van der Waals surface area contributed by atoms with Crippen molar-refractivity contribution in [3.8, 4) is 39.7 Å². The molecule has 0 N–H and O–H groups in total. The number of hydrogen-bond donors (Lipinski definition) is 0. The molecule has 2 heterocycles. The van der Waals surface area contributed by atoms with E-state index >= 15 is 0 Å². The fourth-order valence-corrected chi connectivity index (χ4v) is 6.48. The lowest BCUT2D eigenvalue weighted by Crippen LogP contribution is -2.02. The van der Waals surface area contributed by atoms with E-state index in [0.717, 1.165) is 56.0 Å². The van der Waals surface area contributed by atoms with Crippen molar-refractivity contribution in [1.29, 1.82) is 0 Å². The standard InChI is InChI=1S/C39H24N4/c1-3-10-28(11-4-1)38-41-42-39(29-12-5-2-6-13-29)43(38)35-24-19-27-16-21-31-30(20-15-26-17-22-32(35)37(27)36(26)31)34-23-18-25-9-7-8-14-33(25)40-34/h1-24H. The summed E-state index contributed by atoms with van der Waals surface area (Å²) in [5.74, 6) is 1.63. The van der Waals surface area contributed by atoms with Gasteiger partial charge < -0.3 is 0 Å². The first-order valence-electron chi connectivity index (χ1n) is 14.5. The number of rotatable bonds is 4. The summed E-state index contributed by atoms with van der Waals surface area (Å²) < 4.78 is 2.21. The minimum absolute atomic E-state index is 0.815. The molecule has 0 unspecified atom stereocenters. The molecule has 4 heteroatoms. The predicted molar refractivity (Wildman–Crippen MR) is 177 cm³/mol. The van der Waals surface area contributed by atoms with Crippen molar-refractivity contribution in [2.45, 2.75) is 0 Å². The third kappa shape index (κ3) is 3.67. The Hall–Kier alpha value is -5.87. The van der Waals surface area contributed by atoms with Gasteiger partial charge >= 0.3 is 0 Å². The van der Waals surface area contributed by atoms with Gasteiger partial charge in [-0.25, -0.2) is 4.98 Å². The molecule has 0 radical (unpaired) electrons. The zero-order valence-corrected chi connectivity index (χ0v) is 23.1. The molecule has 0 bridgehead atoms. The van der Waals surface area contributed by atoms with Gasteiger partial charge in [-0.2, -0.15) is 0 Å². The van der Waals surface area contributed by atoms with Crippen LogP contribution in [0.25, 0.3) is 82.9 Å². The molecule has 0 saturated heterocycles. The van der Waals surface area contributed by atoms with Gasteiger partial charge in [0.15, 0.2) is 11.6 Å². The van der Waals surface area contributed by atoms with Crippen LogP contribution in [0.2, 0.25) is 0 Å². The Labute approximate surface area is 247 Å². The lowest BCUT2D eigenvalue weighted by Gasteiger charge is -2.18. The minimum atomic E-state index is 0.815. The molecule has 9 aromatic rings. The molecule has 7 aromatic carbocycles. The molecule has 2 aromatic heterocycles. The topological polar surface area (TPSA) is 43.6 Å². The van der Waals surface area contributed by atoms with Crippen LogP contribution < -0.4 is 0 Å². The molecule has 200 valence electrons. The lowest BCUT2D eigenvalue weighted by molar-refractivity contribution is 1.09. The van der Waals surface area contributed by atoms with Crippen molar-refractivity contribution in [1.82, 2.24) is 19.7 Å². The van der Waals surface area contributed by atoms with Crippen molar-refractivity contribution in [3.63, 3.8) is 0 Å². The van der Waals surface area contributed by atoms with Gasteiger partial charge in [0.2, 0.25) is 0 Å². The highest BCUT2D eigenvalue weighted by molar-refractivity contribution is 6.26. The van der Waals surface area contributed by atoms with Gasteiger partial charge in [-0.3, -0.25) is 4.57 Å². The fourth-order valence-electron chi connectivity index (χ4n) is 6.48. The van der Waals surface area contributed by atoms with Gasteiger partial charge in [-0.1, -0.05) is 127 Å². The van der Waals surface area contributed by atoms with Crippen LogP contribution in [0.4, 0.5) is 0 Å². The maximum Gasteiger partial charge on any atom is 0.168 e. The molecular formula is C39H24N4. The second-order valence-electron chi connectivity index (χ2n) is 10.9. The maximum absolute atomic E-state index is 5.06. The van der Waals surface area contributed by atoms with Crippen LogP contribution in [0.1, 0.15) is 0 Å². The van der Waals surface area contributed by atoms with Crippen molar-refractivity contribution in [2.24, 2.45) is 0 Å². The van der Waals surface area contributed by atoms with Crippen molar-refractivity contribution in [3.05, 3.63) is 146 Å². The first-order valence-corrected chi connectivity index (χ1v) is 14.5. The first kappa shape index (κ1) is 23.8. The Bertz CT molecular complexity index is 2390. The van der Waals surface area contributed by atoms with E-state index in [4.69, 9.17) is 15.2 Å². The number of benzene rings is 7. The van der Waals surface area contributed by atoms with Gasteiger partial charge in [-0.05, 0) is 45.1 Å². The predicted octanol–water partition coefficient (Wildman–Crippen LogP) is 9.71. The van der Waals surface area contributed by atoms with E-state index in [1.54, 1.807) is 0 Å². The van der Waals surface area contributed by atoms with Gasteiger partial charge in [-0.15, -0.1) is 10.2 Å². The summed E-state index contributed by atoms with van der Waals surface area (Å²) in [6, 6.07) is 51.0. The highest BCUT2D eigenvalue weighted by atomic mass is 15.3. The Morgan fingerprint density at radius 2 is 0.977 bits per heavy atom. The van der Waals surface area contributed by atoms with Crippen LogP contribution >= 0.6 is 0 Å². The molecule has 43 heavy (non-hydrogen) atoms. The smallest absolute Gasteiger partial charge is 0.168 e. The molecular weight excluding hydrogens is 524 g/mol. The van der Waals surface area contributed by atoms with Crippen LogP contribution in [-0.4, -0.2) is 19.7 Å². The largest absolute Gasteiger partial charge is 0.274 e. The molecule has 0 atom stereocenters. The molecule has 9 rings (SSSR count). The van der Waals surface area contributed by atoms with Crippen LogP contribution in [0.3, 0.4) is 0 Å². The Morgan fingerprint density at radius 1 is 0.419 bits per heavy atom. The monoisotopic (exact) mass is 548 g/mol. The number of nitrogens with zero attached hydrogens (tertiary/aromatic N) is 4. The summed E-state index contributed by atoms with van der Waals surface area (Å²) in [7, 11) is 0. The van der Waals surface area contributed by atoms with Crippen LogP contribution in [0.5, 0.6) is 0 Å². The number of pyridine rings is 1. The fraction of sp³-hybridized carbons (Fsp3) is 0. The second kappa shape index (κ2) is 9.33. The quantitative estimate of drug-likeness (QED) is 0.206. The van der Waals surface area contributed by atoms with E-state index in [2.05, 4.69) is 108 Å². The van der Waals surface area contributed by atoms with E-state index in [1.165, 1.54) is 26.9 Å². The van der Waals surface area contributed by atoms with Crippen LogP contribution in [0, 0.1) is 0 Å². The van der Waals surface area contributed by atoms with E-state index < -0.39 is 0 Å². The summed E-state index contributed by atoms with van der Waals surface area (Å²) in [6.07, 6.45) is 0. The molecule has 0 spiro atoms. The summed E-state index contributed by atoms with van der Waals surface area (Å²) in [4.78, 5) is 5.06. The maximum atomic E-state index is 5.06. The summed E-state index contributed by atoms with van der Waals surface area (Å²) in [6.45, 7) is 0. The van der Waals surface area contributed by atoms with Crippen molar-refractivity contribution >= 4 is 43.2 Å². The second-order valence-corrected chi connectivity index (χ2v) is 10.9. The molecule has 0 aliphatic rings. The van der Waals surface area contributed by atoms with Crippen molar-refractivity contribution < 1.29 is 0 Å². The number of fused-ring (bicyclic) bond motifs is 1. The number of hydrogen-bond acceptors (Lipinski definition) is 3. The molecule has 0 amide bonds. The Morgan fingerprint density at radius 3 is 1.70 bits per heavy atom. The summed E-state index contributed by atoms with van der Waals surface area (Å²) >= 11 is 0. The zero-order valence-electron chi connectivity index (χ0n) is 23.1. The average molecular weight is 549 g/mol. The third-order valence-corrected chi connectivity index (χ3v) is 8.48. The van der Waals surface area contributed by atoms with Crippen LogP contribution in [0.15, 0.2) is 146 Å². The Balaban J connectivity index is 1.34. The molecule has 0 saturated carbocycles. The van der Waals surface area contributed by atoms with Gasteiger partial charge in [0.05, 0.1) is 16.9 Å². The number of aromatic nitrogens is 4. The lowest BCUT2D eigenvalue weighted by atomic mass is 9.90. The van der Waals surface area contributed by atoms with Gasteiger partial charge in [0, 0.05) is 27.5 Å². The molecule has 4 nitrogen and oxygen atoms in total. The van der Waals surface area contributed by atoms with Gasteiger partial charge in [0.1, 0.15) is 0 Å². The highest BCUT2D eigenvalue weighted by Gasteiger charge is 2.21. The van der Waals surface area contributed by atoms with E-state index in [9.17, 15) is 0 Å². The molecule has 0 aliphatic carbocycles. The zero-order chi connectivity index (χ0) is 28.3. The van der Waals surface area contributed by atoms with E-state index in [0.29, 0.717) is 0 Å². The van der Waals surface area contributed by atoms with Gasteiger partial charge in [0.25, 0.3) is 0 Å². The van der Waals surface area contributed by atoms with E-state index in [-0.39, 0.29) is 0 Å². The highest BCUT2D eigenvalue weighted by Crippen LogP contribution is 2.42. The van der Waals surface area contributed by atoms with Crippen molar-refractivity contribution in [2.75, 3.05) is 0 Å². The first-order chi connectivity index (χ1) is 21.3. The minimum Gasteiger partial charge on any atom is -0.274 e. The van der Waals surface area contributed by atoms with E-state index in [1.807, 2.05) is 42.5 Å². The Kier molecular flexibility index (Phi) is 5.16. The SMILES string of the molecule is c1ccc(-c2nnc(-c3ccccc3)n2-c2ccc3ccc4c(-c5ccc6ccccc6n5)ccc5ccc2c3c54)cc1. The summed E-state index contributed by atoms with van der Waals surface area (Å²) in [5.41, 5.74) is 6.21. The average Bonchev–Trinajstić information content (AvgIpc) is 3.52. The summed E-state index contributed by atoms with van der Waals surface area (Å²) in [5, 5.41) is 17.9. The van der Waals surface area contributed by atoms with Crippen LogP contribution in [-0.2, 0) is 0 Å². The third-order valence-electron chi connectivity index (χ3n) is 8.48. The molecule has 0 fully saturated rings. The molecule has 0 aliphatic heterocycles.